The number of halogens is 1. The first-order valence-electron chi connectivity index (χ1n) is 6.86. The fraction of sp³-hybridized carbons (Fsp3) is 0.533. The normalized spacial score (nSPS) is 17.4. The zero-order chi connectivity index (χ0) is 13.8. The van der Waals surface area contributed by atoms with Gasteiger partial charge in [-0.25, -0.2) is 0 Å². The standard InChI is InChI=1S/C15H21BrN2O/c1-11-5-6-13(14(16)9-11)15(19)17-10-12(2)18-7-3-4-8-18/h5-6,9,12H,3-4,7-8,10H2,1-2H3,(H,17,19). The van der Waals surface area contributed by atoms with E-state index in [1.54, 1.807) is 0 Å². The van der Waals surface area contributed by atoms with Crippen LogP contribution in [0.2, 0.25) is 0 Å². The lowest BCUT2D eigenvalue weighted by Crippen LogP contribution is -2.40. The lowest BCUT2D eigenvalue weighted by atomic mass is 10.1. The van der Waals surface area contributed by atoms with Gasteiger partial charge in [0.2, 0.25) is 0 Å². The molecule has 1 amide bonds. The summed E-state index contributed by atoms with van der Waals surface area (Å²) in [6.07, 6.45) is 2.56. The minimum absolute atomic E-state index is 0.00192. The number of aryl methyl sites for hydroxylation is 1. The molecule has 1 aromatic carbocycles. The highest BCUT2D eigenvalue weighted by atomic mass is 79.9. The molecule has 1 N–H and O–H groups in total. The fourth-order valence-electron chi connectivity index (χ4n) is 2.45. The van der Waals surface area contributed by atoms with Crippen molar-refractivity contribution >= 4 is 21.8 Å². The van der Waals surface area contributed by atoms with Crippen LogP contribution in [0.4, 0.5) is 0 Å². The molecule has 3 nitrogen and oxygen atoms in total. The molecule has 2 rings (SSSR count). The van der Waals surface area contributed by atoms with Crippen LogP contribution in [0.1, 0.15) is 35.7 Å². The first-order chi connectivity index (χ1) is 9.08. The van der Waals surface area contributed by atoms with Gasteiger partial charge in [0.15, 0.2) is 0 Å². The van der Waals surface area contributed by atoms with E-state index in [4.69, 9.17) is 0 Å². The second kappa shape index (κ2) is 6.53. The van der Waals surface area contributed by atoms with E-state index in [1.165, 1.54) is 12.8 Å². The number of rotatable bonds is 4. The second-order valence-corrected chi connectivity index (χ2v) is 6.14. The van der Waals surface area contributed by atoms with Gasteiger partial charge in [0.25, 0.3) is 5.91 Å². The van der Waals surface area contributed by atoms with Crippen LogP contribution >= 0.6 is 15.9 Å². The van der Waals surface area contributed by atoms with Crippen molar-refractivity contribution in [3.63, 3.8) is 0 Å². The van der Waals surface area contributed by atoms with Crippen LogP contribution < -0.4 is 5.32 Å². The summed E-state index contributed by atoms with van der Waals surface area (Å²) in [5.74, 6) is -0.00192. The molecule has 0 aromatic heterocycles. The second-order valence-electron chi connectivity index (χ2n) is 5.29. The predicted octanol–water partition coefficient (Wildman–Crippen LogP) is 2.97. The van der Waals surface area contributed by atoms with Gasteiger partial charge in [-0.1, -0.05) is 6.07 Å². The highest BCUT2D eigenvalue weighted by molar-refractivity contribution is 9.10. The molecule has 1 aliphatic heterocycles. The molecule has 0 saturated carbocycles. The minimum Gasteiger partial charge on any atom is -0.350 e. The largest absolute Gasteiger partial charge is 0.350 e. The maximum absolute atomic E-state index is 12.1. The molecule has 1 unspecified atom stereocenters. The summed E-state index contributed by atoms with van der Waals surface area (Å²) in [6.45, 7) is 7.22. The van der Waals surface area contributed by atoms with Gasteiger partial charge >= 0.3 is 0 Å². The quantitative estimate of drug-likeness (QED) is 0.923. The van der Waals surface area contributed by atoms with Gasteiger partial charge < -0.3 is 5.32 Å². The van der Waals surface area contributed by atoms with Gasteiger partial charge in [-0.2, -0.15) is 0 Å². The van der Waals surface area contributed by atoms with E-state index in [0.29, 0.717) is 18.2 Å². The zero-order valence-electron chi connectivity index (χ0n) is 11.6. The van der Waals surface area contributed by atoms with Crippen molar-refractivity contribution in [3.05, 3.63) is 33.8 Å². The van der Waals surface area contributed by atoms with Crippen LogP contribution in [0, 0.1) is 6.92 Å². The Labute approximate surface area is 123 Å². The molecule has 1 aromatic rings. The number of benzene rings is 1. The van der Waals surface area contributed by atoms with E-state index < -0.39 is 0 Å². The van der Waals surface area contributed by atoms with E-state index in [9.17, 15) is 4.79 Å². The number of carbonyl (C=O) groups excluding carboxylic acids is 1. The van der Waals surface area contributed by atoms with Crippen molar-refractivity contribution in [1.82, 2.24) is 10.2 Å². The fourth-order valence-corrected chi connectivity index (χ4v) is 3.12. The van der Waals surface area contributed by atoms with Gasteiger partial charge in [0.05, 0.1) is 5.56 Å². The Morgan fingerprint density at radius 3 is 2.74 bits per heavy atom. The number of likely N-dealkylation sites (tertiary alicyclic amines) is 1. The number of nitrogens with zero attached hydrogens (tertiary/aromatic N) is 1. The molecule has 0 aliphatic carbocycles. The van der Waals surface area contributed by atoms with E-state index in [0.717, 1.165) is 23.1 Å². The van der Waals surface area contributed by atoms with Gasteiger partial charge in [0.1, 0.15) is 0 Å². The van der Waals surface area contributed by atoms with Crippen LogP contribution in [0.25, 0.3) is 0 Å². The van der Waals surface area contributed by atoms with Crippen molar-refractivity contribution in [2.24, 2.45) is 0 Å². The molecule has 1 atom stereocenters. The van der Waals surface area contributed by atoms with Crippen LogP contribution in [0.3, 0.4) is 0 Å². The lowest BCUT2D eigenvalue weighted by molar-refractivity contribution is 0.0939. The summed E-state index contributed by atoms with van der Waals surface area (Å²) < 4.78 is 0.860. The van der Waals surface area contributed by atoms with E-state index >= 15 is 0 Å². The Bertz CT molecular complexity index is 455. The number of hydrogen-bond acceptors (Lipinski definition) is 2. The van der Waals surface area contributed by atoms with Gasteiger partial charge in [-0.15, -0.1) is 0 Å². The molecule has 1 fully saturated rings. The van der Waals surface area contributed by atoms with Crippen LogP contribution in [0.15, 0.2) is 22.7 Å². The highest BCUT2D eigenvalue weighted by Crippen LogP contribution is 2.18. The van der Waals surface area contributed by atoms with Crippen LogP contribution in [-0.2, 0) is 0 Å². The molecular weight excluding hydrogens is 304 g/mol. The molecule has 104 valence electrons. The summed E-state index contributed by atoms with van der Waals surface area (Å²) in [7, 11) is 0. The third-order valence-electron chi connectivity index (χ3n) is 3.69. The van der Waals surface area contributed by atoms with Gasteiger partial charge in [-0.3, -0.25) is 9.69 Å². The monoisotopic (exact) mass is 324 g/mol. The summed E-state index contributed by atoms with van der Waals surface area (Å²) in [6, 6.07) is 6.22. The average molecular weight is 325 g/mol. The summed E-state index contributed by atoms with van der Waals surface area (Å²) in [4.78, 5) is 14.6. The molecule has 0 bridgehead atoms. The molecule has 0 radical (unpaired) electrons. The van der Waals surface area contributed by atoms with E-state index in [-0.39, 0.29) is 5.91 Å². The maximum atomic E-state index is 12.1. The van der Waals surface area contributed by atoms with Gasteiger partial charge in [0, 0.05) is 17.1 Å². The van der Waals surface area contributed by atoms with Crippen molar-refractivity contribution in [1.29, 1.82) is 0 Å². The summed E-state index contributed by atoms with van der Waals surface area (Å²) in [5, 5.41) is 3.03. The molecule has 4 heteroatoms. The smallest absolute Gasteiger partial charge is 0.252 e. The van der Waals surface area contributed by atoms with E-state index in [1.807, 2.05) is 25.1 Å². The molecule has 0 spiro atoms. The SMILES string of the molecule is Cc1ccc(C(=O)NCC(C)N2CCCC2)c(Br)c1. The molecular formula is C15H21BrN2O. The predicted molar refractivity (Wildman–Crippen MR) is 81.5 cm³/mol. The third kappa shape index (κ3) is 3.80. The average Bonchev–Trinajstić information content (AvgIpc) is 2.89. The Balaban J connectivity index is 1.90. The number of carbonyl (C=O) groups is 1. The topological polar surface area (TPSA) is 32.3 Å². The lowest BCUT2D eigenvalue weighted by Gasteiger charge is -2.23. The van der Waals surface area contributed by atoms with Crippen LogP contribution in [-0.4, -0.2) is 36.5 Å². The van der Waals surface area contributed by atoms with Crippen molar-refractivity contribution < 1.29 is 4.79 Å². The Morgan fingerprint density at radius 2 is 2.11 bits per heavy atom. The van der Waals surface area contributed by atoms with Crippen LogP contribution in [0.5, 0.6) is 0 Å². The number of hydrogen-bond donors (Lipinski definition) is 1. The molecule has 1 aliphatic rings. The highest BCUT2D eigenvalue weighted by Gasteiger charge is 2.19. The Hall–Kier alpha value is -0.870. The maximum Gasteiger partial charge on any atom is 0.252 e. The minimum atomic E-state index is -0.00192. The van der Waals surface area contributed by atoms with Crippen molar-refractivity contribution in [2.45, 2.75) is 32.7 Å². The summed E-state index contributed by atoms with van der Waals surface area (Å²) in [5.41, 5.74) is 1.85. The first-order valence-corrected chi connectivity index (χ1v) is 7.65. The van der Waals surface area contributed by atoms with Crippen molar-refractivity contribution in [2.75, 3.05) is 19.6 Å². The first kappa shape index (κ1) is 14.5. The number of nitrogens with one attached hydrogen (secondary N) is 1. The number of amides is 1. The molecule has 19 heavy (non-hydrogen) atoms. The third-order valence-corrected chi connectivity index (χ3v) is 4.35. The molecule has 1 saturated heterocycles. The molecule has 1 heterocycles. The Kier molecular flexibility index (Phi) is 4.99. The van der Waals surface area contributed by atoms with Crippen molar-refractivity contribution in [3.8, 4) is 0 Å². The zero-order valence-corrected chi connectivity index (χ0v) is 13.2. The van der Waals surface area contributed by atoms with Gasteiger partial charge in [-0.05, 0) is 73.4 Å². The van der Waals surface area contributed by atoms with E-state index in [2.05, 4.69) is 33.1 Å². The Morgan fingerprint density at radius 1 is 1.42 bits per heavy atom. The summed E-state index contributed by atoms with van der Waals surface area (Å²) >= 11 is 3.45.